The first kappa shape index (κ1) is 19.3. The van der Waals surface area contributed by atoms with Gasteiger partial charge < -0.3 is 15.1 Å². The predicted molar refractivity (Wildman–Crippen MR) is 114 cm³/mol. The van der Waals surface area contributed by atoms with E-state index in [9.17, 15) is 14.4 Å². The fourth-order valence-corrected chi connectivity index (χ4v) is 3.29. The number of rotatable bonds is 6. The zero-order chi connectivity index (χ0) is 21.1. The monoisotopic (exact) mass is 404 g/mol. The lowest BCUT2D eigenvalue weighted by Crippen LogP contribution is -2.24. The van der Waals surface area contributed by atoms with Crippen molar-refractivity contribution in [1.29, 1.82) is 0 Å². The normalized spacial score (nSPS) is 10.8. The lowest BCUT2D eigenvalue weighted by Gasteiger charge is -2.09. The quantitative estimate of drug-likeness (QED) is 0.516. The highest BCUT2D eigenvalue weighted by molar-refractivity contribution is 6.02. The highest BCUT2D eigenvalue weighted by Crippen LogP contribution is 2.17. The molecule has 0 saturated carbocycles. The molecule has 2 aromatic heterocycles. The Morgan fingerprint density at radius 1 is 0.933 bits per heavy atom. The van der Waals surface area contributed by atoms with Crippen LogP contribution in [-0.2, 0) is 18.4 Å². The molecule has 0 aliphatic rings. The molecule has 4 aromatic rings. The molecular weight excluding hydrogens is 384 g/mol. The van der Waals surface area contributed by atoms with E-state index in [4.69, 9.17) is 4.42 Å². The highest BCUT2D eigenvalue weighted by atomic mass is 16.3. The van der Waals surface area contributed by atoms with E-state index in [2.05, 4.69) is 10.6 Å². The number of imidazole rings is 1. The van der Waals surface area contributed by atoms with E-state index in [0.29, 0.717) is 11.4 Å². The van der Waals surface area contributed by atoms with E-state index in [-0.39, 0.29) is 36.2 Å². The molecule has 8 nitrogen and oxygen atoms in total. The van der Waals surface area contributed by atoms with Crippen LogP contribution < -0.4 is 16.3 Å². The molecule has 0 aliphatic heterocycles. The van der Waals surface area contributed by atoms with Crippen LogP contribution in [0.25, 0.3) is 11.0 Å². The summed E-state index contributed by atoms with van der Waals surface area (Å²) in [5.41, 5.74) is 2.52. The minimum atomic E-state index is -0.376. The molecule has 0 fully saturated rings. The van der Waals surface area contributed by atoms with Gasteiger partial charge in [-0.25, -0.2) is 4.79 Å². The molecule has 0 bridgehead atoms. The molecule has 2 aromatic carbocycles. The molecule has 2 heterocycles. The number of carbonyl (C=O) groups excluding carboxylic acids is 2. The third-order valence-corrected chi connectivity index (χ3v) is 4.76. The fourth-order valence-electron chi connectivity index (χ4n) is 3.29. The van der Waals surface area contributed by atoms with Gasteiger partial charge in [0.25, 0.3) is 5.91 Å². The first-order valence-corrected chi connectivity index (χ1v) is 9.42. The Balaban J connectivity index is 1.41. The molecule has 4 rings (SSSR count). The van der Waals surface area contributed by atoms with Crippen molar-refractivity contribution in [2.45, 2.75) is 13.0 Å². The van der Waals surface area contributed by atoms with Gasteiger partial charge in [-0.05, 0) is 42.5 Å². The molecule has 152 valence electrons. The smallest absolute Gasteiger partial charge is 0.328 e. The minimum Gasteiger partial charge on any atom is -0.459 e. The summed E-state index contributed by atoms with van der Waals surface area (Å²) in [5.74, 6) is -0.409. The van der Waals surface area contributed by atoms with Crippen molar-refractivity contribution in [1.82, 2.24) is 9.13 Å². The van der Waals surface area contributed by atoms with Crippen molar-refractivity contribution >= 4 is 34.2 Å². The molecular formula is C22H20N4O4. The van der Waals surface area contributed by atoms with Crippen molar-refractivity contribution in [3.05, 3.63) is 83.2 Å². The summed E-state index contributed by atoms with van der Waals surface area (Å²) >= 11 is 0. The summed E-state index contributed by atoms with van der Waals surface area (Å²) in [4.78, 5) is 37.0. The third-order valence-electron chi connectivity index (χ3n) is 4.76. The SMILES string of the molecule is Cn1c(=O)n(CCC(=O)Nc2cccc(NC(=O)c3ccco3)c2)c2ccccc21. The van der Waals surface area contributed by atoms with Crippen molar-refractivity contribution in [2.75, 3.05) is 10.6 Å². The zero-order valence-electron chi connectivity index (χ0n) is 16.3. The molecule has 0 unspecified atom stereocenters. The molecule has 0 radical (unpaired) electrons. The van der Waals surface area contributed by atoms with Gasteiger partial charge in [-0.2, -0.15) is 0 Å². The molecule has 0 saturated heterocycles. The second-order valence-electron chi connectivity index (χ2n) is 6.79. The maximum Gasteiger partial charge on any atom is 0.328 e. The van der Waals surface area contributed by atoms with Gasteiger partial charge in [0.05, 0.1) is 17.3 Å². The van der Waals surface area contributed by atoms with Crippen molar-refractivity contribution < 1.29 is 14.0 Å². The summed E-state index contributed by atoms with van der Waals surface area (Å²) in [7, 11) is 1.71. The van der Waals surface area contributed by atoms with E-state index in [1.807, 2.05) is 24.3 Å². The van der Waals surface area contributed by atoms with E-state index < -0.39 is 0 Å². The van der Waals surface area contributed by atoms with E-state index in [0.717, 1.165) is 11.0 Å². The maximum atomic E-state index is 12.5. The van der Waals surface area contributed by atoms with Gasteiger partial charge in [0, 0.05) is 31.4 Å². The lowest BCUT2D eigenvalue weighted by atomic mass is 10.2. The van der Waals surface area contributed by atoms with Gasteiger partial charge in [0.2, 0.25) is 5.91 Å². The fraction of sp³-hybridized carbons (Fsp3) is 0.136. The Hall–Kier alpha value is -4.07. The number of anilines is 2. The Morgan fingerprint density at radius 2 is 1.67 bits per heavy atom. The Labute approximate surface area is 171 Å². The van der Waals surface area contributed by atoms with Crippen LogP contribution in [0.1, 0.15) is 17.0 Å². The standard InChI is InChI=1S/C22H20N4O4/c1-25-17-8-2-3-9-18(17)26(22(25)29)12-11-20(27)23-15-6-4-7-16(14-15)24-21(28)19-10-5-13-30-19/h2-10,13-14H,11-12H2,1H3,(H,23,27)(H,24,28). The number of benzene rings is 2. The number of nitrogens with zero attached hydrogens (tertiary/aromatic N) is 2. The number of hydrogen-bond donors (Lipinski definition) is 2. The van der Waals surface area contributed by atoms with Gasteiger partial charge in [-0.1, -0.05) is 18.2 Å². The Kier molecular flexibility index (Phi) is 5.21. The molecule has 0 aliphatic carbocycles. The third kappa shape index (κ3) is 3.88. The van der Waals surface area contributed by atoms with Gasteiger partial charge in [0.15, 0.2) is 5.76 Å². The lowest BCUT2D eigenvalue weighted by molar-refractivity contribution is -0.116. The van der Waals surface area contributed by atoms with E-state index in [1.54, 1.807) is 52.6 Å². The minimum absolute atomic E-state index is 0.136. The Morgan fingerprint density at radius 3 is 2.40 bits per heavy atom. The average Bonchev–Trinajstić information content (AvgIpc) is 3.36. The second-order valence-corrected chi connectivity index (χ2v) is 6.79. The summed E-state index contributed by atoms with van der Waals surface area (Å²) < 4.78 is 8.23. The number of aryl methyl sites for hydroxylation is 2. The van der Waals surface area contributed by atoms with Gasteiger partial charge in [-0.3, -0.25) is 18.7 Å². The number of carbonyl (C=O) groups is 2. The molecule has 2 N–H and O–H groups in total. The predicted octanol–water partition coefficient (Wildman–Crippen LogP) is 3.21. The molecule has 0 atom stereocenters. The zero-order valence-corrected chi connectivity index (χ0v) is 16.3. The molecule has 30 heavy (non-hydrogen) atoms. The summed E-state index contributed by atoms with van der Waals surface area (Å²) in [5, 5.41) is 5.51. The summed E-state index contributed by atoms with van der Waals surface area (Å²) in [6.07, 6.45) is 1.56. The first-order chi connectivity index (χ1) is 14.5. The highest BCUT2D eigenvalue weighted by Gasteiger charge is 2.12. The topological polar surface area (TPSA) is 98.3 Å². The Bertz CT molecular complexity index is 1270. The van der Waals surface area contributed by atoms with Crippen molar-refractivity contribution in [3.63, 3.8) is 0 Å². The molecule has 0 spiro atoms. The van der Waals surface area contributed by atoms with Crippen LogP contribution in [0.5, 0.6) is 0 Å². The molecule has 8 heteroatoms. The van der Waals surface area contributed by atoms with Crippen LogP contribution in [-0.4, -0.2) is 20.9 Å². The van der Waals surface area contributed by atoms with Crippen molar-refractivity contribution in [2.24, 2.45) is 7.05 Å². The number of furan rings is 1. The van der Waals surface area contributed by atoms with Crippen LogP contribution in [0.2, 0.25) is 0 Å². The number of aromatic nitrogens is 2. The number of amides is 2. The van der Waals surface area contributed by atoms with Crippen LogP contribution >= 0.6 is 0 Å². The van der Waals surface area contributed by atoms with Crippen LogP contribution in [0, 0.1) is 0 Å². The number of nitrogens with one attached hydrogen (secondary N) is 2. The molecule has 2 amide bonds. The van der Waals surface area contributed by atoms with Crippen LogP contribution in [0.15, 0.2) is 76.1 Å². The number of fused-ring (bicyclic) bond motifs is 1. The maximum absolute atomic E-state index is 12.5. The van der Waals surface area contributed by atoms with Gasteiger partial charge in [0.1, 0.15) is 0 Å². The van der Waals surface area contributed by atoms with Gasteiger partial charge >= 0.3 is 5.69 Å². The van der Waals surface area contributed by atoms with Gasteiger partial charge in [-0.15, -0.1) is 0 Å². The second kappa shape index (κ2) is 8.12. The largest absolute Gasteiger partial charge is 0.459 e. The van der Waals surface area contributed by atoms with E-state index >= 15 is 0 Å². The van der Waals surface area contributed by atoms with Crippen LogP contribution in [0.4, 0.5) is 11.4 Å². The number of para-hydroxylation sites is 2. The van der Waals surface area contributed by atoms with E-state index in [1.165, 1.54) is 6.26 Å². The first-order valence-electron chi connectivity index (χ1n) is 9.42. The number of hydrogen-bond acceptors (Lipinski definition) is 4. The average molecular weight is 404 g/mol. The summed E-state index contributed by atoms with van der Waals surface area (Å²) in [6.45, 7) is 0.265. The van der Waals surface area contributed by atoms with Crippen molar-refractivity contribution in [3.8, 4) is 0 Å². The van der Waals surface area contributed by atoms with Crippen LogP contribution in [0.3, 0.4) is 0 Å². The summed E-state index contributed by atoms with van der Waals surface area (Å²) in [6, 6.07) is 17.5.